The van der Waals surface area contributed by atoms with Gasteiger partial charge in [-0.15, -0.1) is 0 Å². The molecule has 1 aliphatic carbocycles. The summed E-state index contributed by atoms with van der Waals surface area (Å²) in [6.07, 6.45) is 3.18. The third-order valence-electron chi connectivity index (χ3n) is 6.11. The van der Waals surface area contributed by atoms with Crippen molar-refractivity contribution >= 4 is 5.97 Å². The first-order chi connectivity index (χ1) is 13.1. The number of rotatable bonds is 7. The summed E-state index contributed by atoms with van der Waals surface area (Å²) < 4.78 is 17.3. The maximum Gasteiger partial charge on any atom is 0.302 e. The van der Waals surface area contributed by atoms with E-state index in [0.717, 1.165) is 0 Å². The molecule has 0 aromatic heterocycles. The summed E-state index contributed by atoms with van der Waals surface area (Å²) in [5.41, 5.74) is -0.262. The normalized spacial score (nSPS) is 37.4. The van der Waals surface area contributed by atoms with Gasteiger partial charge in [0.1, 0.15) is 30.5 Å². The number of carbonyl (C=O) groups excluding carboxylic acids is 1. The van der Waals surface area contributed by atoms with Gasteiger partial charge < -0.3 is 29.5 Å². The van der Waals surface area contributed by atoms with E-state index in [4.69, 9.17) is 14.2 Å². The average molecular weight is 396 g/mol. The molecule has 2 saturated heterocycles. The first-order valence-electron chi connectivity index (χ1n) is 10.0. The predicted octanol–water partition coefficient (Wildman–Crippen LogP) is 1.39. The lowest BCUT2D eigenvalue weighted by molar-refractivity contribution is -0.191. The summed E-state index contributed by atoms with van der Waals surface area (Å²) in [6.45, 7) is 6.90. The minimum Gasteiger partial charge on any atom is -0.461 e. The number of hydrogen-bond donors (Lipinski definition) is 3. The van der Waals surface area contributed by atoms with Gasteiger partial charge in [-0.1, -0.05) is 19.1 Å². The highest BCUT2D eigenvalue weighted by atomic mass is 16.7. The topological polar surface area (TPSA) is 109 Å². The summed E-state index contributed by atoms with van der Waals surface area (Å²) in [5, 5.41) is 31.0. The van der Waals surface area contributed by atoms with Crippen LogP contribution in [-0.2, 0) is 19.0 Å². The van der Waals surface area contributed by atoms with Gasteiger partial charge in [0.2, 0.25) is 0 Å². The smallest absolute Gasteiger partial charge is 0.302 e. The van der Waals surface area contributed by atoms with Gasteiger partial charge >= 0.3 is 5.97 Å². The van der Waals surface area contributed by atoms with E-state index >= 15 is 0 Å². The molecular weight excluding hydrogens is 364 g/mol. The van der Waals surface area contributed by atoms with E-state index < -0.39 is 41.6 Å². The molecule has 0 aromatic carbocycles. The predicted molar refractivity (Wildman–Crippen MR) is 102 cm³/mol. The molecule has 3 rings (SSSR count). The lowest BCUT2D eigenvalue weighted by Gasteiger charge is -2.46. The van der Waals surface area contributed by atoms with Gasteiger partial charge in [-0.05, 0) is 38.7 Å². The van der Waals surface area contributed by atoms with E-state index in [-0.39, 0.29) is 12.7 Å². The van der Waals surface area contributed by atoms with Gasteiger partial charge in [0.25, 0.3) is 0 Å². The van der Waals surface area contributed by atoms with Gasteiger partial charge in [0.15, 0.2) is 0 Å². The van der Waals surface area contributed by atoms with Crippen LogP contribution >= 0.6 is 0 Å². The number of ether oxygens (including phenoxy) is 3. The highest BCUT2D eigenvalue weighted by Gasteiger charge is 2.72. The van der Waals surface area contributed by atoms with Crippen LogP contribution in [0.25, 0.3) is 0 Å². The Bertz CT molecular complexity index is 668. The van der Waals surface area contributed by atoms with Gasteiger partial charge in [0, 0.05) is 18.9 Å². The number of aliphatic hydroxyl groups excluding tert-OH is 3. The molecular formula is C21H32O7. The molecule has 7 heteroatoms. The van der Waals surface area contributed by atoms with Crippen molar-refractivity contribution in [1.29, 1.82) is 0 Å². The van der Waals surface area contributed by atoms with Crippen molar-refractivity contribution in [3.05, 3.63) is 23.3 Å². The number of carbonyl (C=O) groups is 1. The third kappa shape index (κ3) is 3.91. The van der Waals surface area contributed by atoms with Crippen molar-refractivity contribution in [2.45, 2.75) is 95.1 Å². The van der Waals surface area contributed by atoms with Crippen LogP contribution in [0.5, 0.6) is 0 Å². The Balaban J connectivity index is 1.89. The molecule has 2 fully saturated rings. The third-order valence-corrected chi connectivity index (χ3v) is 6.11. The minimum absolute atomic E-state index is 0.00166. The monoisotopic (exact) mass is 396 g/mol. The summed E-state index contributed by atoms with van der Waals surface area (Å²) in [5.74, 6) is -0.417. The molecule has 3 N–H and O–H groups in total. The van der Waals surface area contributed by atoms with Gasteiger partial charge in [-0.25, -0.2) is 0 Å². The van der Waals surface area contributed by atoms with E-state index in [0.29, 0.717) is 36.8 Å². The molecule has 3 aliphatic rings. The Kier molecular flexibility index (Phi) is 6.04. The summed E-state index contributed by atoms with van der Waals surface area (Å²) in [4.78, 5) is 11.4. The van der Waals surface area contributed by atoms with E-state index in [2.05, 4.69) is 0 Å². The van der Waals surface area contributed by atoms with Crippen molar-refractivity contribution < 1.29 is 34.3 Å². The zero-order valence-corrected chi connectivity index (χ0v) is 17.1. The number of allylic oxidation sites excluding steroid dienone is 1. The lowest BCUT2D eigenvalue weighted by atomic mass is 9.72. The van der Waals surface area contributed by atoms with E-state index in [1.54, 1.807) is 0 Å². The summed E-state index contributed by atoms with van der Waals surface area (Å²) >= 11 is 0. The van der Waals surface area contributed by atoms with Crippen molar-refractivity contribution in [3.63, 3.8) is 0 Å². The van der Waals surface area contributed by atoms with Gasteiger partial charge in [-0.3, -0.25) is 4.79 Å². The van der Waals surface area contributed by atoms with E-state index in [1.807, 2.05) is 32.9 Å². The van der Waals surface area contributed by atoms with E-state index in [9.17, 15) is 20.1 Å². The number of epoxide rings is 1. The number of hydrogen-bond acceptors (Lipinski definition) is 7. The second-order valence-corrected chi connectivity index (χ2v) is 8.56. The van der Waals surface area contributed by atoms with Gasteiger partial charge in [0.05, 0.1) is 17.8 Å². The Morgan fingerprint density at radius 1 is 1.36 bits per heavy atom. The quantitative estimate of drug-likeness (QED) is 0.441. The van der Waals surface area contributed by atoms with Crippen LogP contribution in [0.1, 0.15) is 53.4 Å². The molecule has 6 atom stereocenters. The van der Waals surface area contributed by atoms with Crippen LogP contribution in [0, 0.1) is 0 Å². The molecule has 0 radical (unpaired) electrons. The maximum absolute atomic E-state index is 11.4. The molecule has 0 bridgehead atoms. The summed E-state index contributed by atoms with van der Waals surface area (Å²) in [6, 6.07) is 0. The fraction of sp³-hybridized carbons (Fsp3) is 0.762. The SMILES string of the molecule is CC[C@H](O)CC/C=C/C1=C(COC(C)=O)[C@@H]2OC(C)(C)[C@@H](O)C[C@@]23O[C@H]3[C@@H]1O. The molecule has 2 heterocycles. The highest BCUT2D eigenvalue weighted by Crippen LogP contribution is 2.58. The first-order valence-corrected chi connectivity index (χ1v) is 10.0. The van der Waals surface area contributed by atoms with Crippen LogP contribution in [-0.4, -0.2) is 69.6 Å². The standard InChI is InChI=1S/C21H32O7/c1-5-13(23)8-6-7-9-14-15(11-26-12(2)22)18-21(19(28-21)17(14)25)10-16(24)20(3,4)27-18/h7,9,13,16-19,23-25H,5-6,8,10-11H2,1-4H3/b9-7+/t13-,16-,17+,18-,19-,21+/m0/s1. The van der Waals surface area contributed by atoms with E-state index in [1.165, 1.54) is 6.92 Å². The number of esters is 1. The minimum atomic E-state index is -0.883. The van der Waals surface area contributed by atoms with Crippen LogP contribution < -0.4 is 0 Å². The zero-order valence-electron chi connectivity index (χ0n) is 17.1. The molecule has 0 amide bonds. The van der Waals surface area contributed by atoms with Crippen molar-refractivity contribution in [2.75, 3.05) is 6.61 Å². The fourth-order valence-corrected chi connectivity index (χ4v) is 4.16. The number of aliphatic hydroxyl groups is 3. The van der Waals surface area contributed by atoms with Crippen LogP contribution in [0.15, 0.2) is 23.3 Å². The Hall–Kier alpha value is -1.25. The molecule has 28 heavy (non-hydrogen) atoms. The zero-order chi connectivity index (χ0) is 20.7. The first kappa shape index (κ1) is 21.5. The Morgan fingerprint density at radius 2 is 2.07 bits per heavy atom. The largest absolute Gasteiger partial charge is 0.461 e. The lowest BCUT2D eigenvalue weighted by Crippen LogP contribution is -2.59. The van der Waals surface area contributed by atoms with Crippen molar-refractivity contribution in [1.82, 2.24) is 0 Å². The average Bonchev–Trinajstić information content (AvgIpc) is 3.34. The maximum atomic E-state index is 11.4. The van der Waals surface area contributed by atoms with Crippen molar-refractivity contribution in [2.24, 2.45) is 0 Å². The second-order valence-electron chi connectivity index (χ2n) is 8.56. The fourth-order valence-electron chi connectivity index (χ4n) is 4.16. The summed E-state index contributed by atoms with van der Waals surface area (Å²) in [7, 11) is 0. The molecule has 2 aliphatic heterocycles. The molecule has 0 unspecified atom stereocenters. The molecule has 158 valence electrons. The molecule has 1 spiro atoms. The second kappa shape index (κ2) is 7.88. The Labute approximate surface area is 166 Å². The highest BCUT2D eigenvalue weighted by molar-refractivity contribution is 5.66. The van der Waals surface area contributed by atoms with Crippen LogP contribution in [0.4, 0.5) is 0 Å². The van der Waals surface area contributed by atoms with Crippen LogP contribution in [0.3, 0.4) is 0 Å². The molecule has 0 aromatic rings. The molecule has 7 nitrogen and oxygen atoms in total. The Morgan fingerprint density at radius 3 is 2.71 bits per heavy atom. The van der Waals surface area contributed by atoms with Crippen molar-refractivity contribution in [3.8, 4) is 0 Å². The molecule has 0 saturated carbocycles. The van der Waals surface area contributed by atoms with Gasteiger partial charge in [-0.2, -0.15) is 0 Å². The van der Waals surface area contributed by atoms with Crippen LogP contribution in [0.2, 0.25) is 0 Å².